The molecule has 9 rings (SSSR count). The smallest absolute Gasteiger partial charge is 0.379 e. The third-order valence-corrected chi connectivity index (χ3v) is 21.1. The van der Waals surface area contributed by atoms with E-state index in [4.69, 9.17) is 20.9 Å². The molecule has 1 aromatic heterocycles. The maximum Gasteiger partial charge on any atom is 0.501 e. The van der Waals surface area contributed by atoms with Crippen LogP contribution in [0.25, 0.3) is 22.4 Å². The Kier molecular flexibility index (Phi) is 16.6. The lowest BCUT2D eigenvalue weighted by atomic mass is 9.97. The zero-order valence-corrected chi connectivity index (χ0v) is 46.5. The van der Waals surface area contributed by atoms with Crippen molar-refractivity contribution in [2.45, 2.75) is 59.8 Å². The summed E-state index contributed by atoms with van der Waals surface area (Å²) in [6.45, 7) is 12.1. The van der Waals surface area contributed by atoms with Crippen LogP contribution < -0.4 is 19.8 Å². The number of hydrogen-bond acceptors (Lipinski definition) is 11. The topological polar surface area (TPSA) is 122 Å². The SMILES string of the molecule is Cc1c(S(C)(=O)=O)c(-c2cccc(N3CCN(c4ccc(N5CCO[P@]5(=O)c5ccc(C[C@H](CCN6CCOCC6)CSc6ccccc6)c(S(=O)(=O)C(F)(F)F)c5)cc4)CC3)c2)c(-c2ccc(Cl)cc2)n1C(C)C. The number of thioether (sulfide) groups is 1. The van der Waals surface area contributed by atoms with Crippen molar-refractivity contribution in [3.05, 3.63) is 138 Å². The Hall–Kier alpha value is -4.78. The van der Waals surface area contributed by atoms with E-state index in [1.54, 1.807) is 23.9 Å². The molecule has 400 valence electrons. The predicted octanol–water partition coefficient (Wildman–Crippen LogP) is 11.4. The fraction of sp³-hybridized carbons (Fsp3) is 0.382. The molecule has 3 aliphatic rings. The van der Waals surface area contributed by atoms with Gasteiger partial charge in [0.2, 0.25) is 0 Å². The number of benzene rings is 5. The summed E-state index contributed by atoms with van der Waals surface area (Å²) in [6.07, 6.45) is 1.95. The van der Waals surface area contributed by atoms with E-state index < -0.39 is 37.6 Å². The van der Waals surface area contributed by atoms with Gasteiger partial charge in [0.05, 0.1) is 47.2 Å². The number of piperazine rings is 1. The molecule has 0 bridgehead atoms. The van der Waals surface area contributed by atoms with Crippen molar-refractivity contribution in [3.8, 4) is 22.4 Å². The first-order valence-corrected chi connectivity index (χ1v) is 31.4. The second-order valence-corrected chi connectivity index (χ2v) is 27.3. The van der Waals surface area contributed by atoms with E-state index >= 15 is 0 Å². The van der Waals surface area contributed by atoms with Crippen molar-refractivity contribution < 1.29 is 43.8 Å². The van der Waals surface area contributed by atoms with Gasteiger partial charge in [-0.3, -0.25) is 14.1 Å². The second-order valence-electron chi connectivity index (χ2n) is 19.6. The van der Waals surface area contributed by atoms with Gasteiger partial charge in [-0.15, -0.1) is 11.8 Å². The van der Waals surface area contributed by atoms with E-state index in [9.17, 15) is 34.6 Å². The normalized spacial score (nSPS) is 18.5. The minimum absolute atomic E-state index is 0.0204. The number of aromatic nitrogens is 1. The monoisotopic (exact) mass is 1120 g/mol. The summed E-state index contributed by atoms with van der Waals surface area (Å²) < 4.78 is 128. The highest BCUT2D eigenvalue weighted by atomic mass is 35.5. The predicted molar refractivity (Wildman–Crippen MR) is 296 cm³/mol. The molecular formula is C55H62ClF3N5O7PS3. The summed E-state index contributed by atoms with van der Waals surface area (Å²) in [5.74, 6) is 0.368. The number of rotatable bonds is 17. The van der Waals surface area contributed by atoms with Gasteiger partial charge < -0.3 is 23.6 Å². The van der Waals surface area contributed by atoms with Gasteiger partial charge in [-0.1, -0.05) is 60.1 Å². The van der Waals surface area contributed by atoms with Crippen LogP contribution in [0.4, 0.5) is 30.2 Å². The largest absolute Gasteiger partial charge is 0.501 e. The Morgan fingerprint density at radius 1 is 0.733 bits per heavy atom. The average Bonchev–Trinajstić information content (AvgIpc) is 3.96. The summed E-state index contributed by atoms with van der Waals surface area (Å²) in [4.78, 5) is 7.15. The molecule has 20 heteroatoms. The minimum Gasteiger partial charge on any atom is -0.379 e. The lowest BCUT2D eigenvalue weighted by molar-refractivity contribution is -0.0436. The fourth-order valence-corrected chi connectivity index (χ4v) is 16.3. The first-order valence-electron chi connectivity index (χ1n) is 25.1. The van der Waals surface area contributed by atoms with E-state index in [0.717, 1.165) is 52.2 Å². The molecule has 0 N–H and O–H groups in total. The quantitative estimate of drug-likeness (QED) is 0.0638. The molecule has 0 spiro atoms. The highest BCUT2D eigenvalue weighted by molar-refractivity contribution is 7.99. The van der Waals surface area contributed by atoms with Gasteiger partial charge >= 0.3 is 13.0 Å². The van der Waals surface area contributed by atoms with Gasteiger partial charge in [0.15, 0.2) is 9.84 Å². The summed E-state index contributed by atoms with van der Waals surface area (Å²) in [5.41, 5.74) is 0.581. The molecule has 2 atom stereocenters. The molecule has 0 unspecified atom stereocenters. The minimum atomic E-state index is -5.86. The Labute approximate surface area is 448 Å². The number of alkyl halides is 3. The molecule has 0 aliphatic carbocycles. The molecule has 75 heavy (non-hydrogen) atoms. The molecule has 3 saturated heterocycles. The lowest BCUT2D eigenvalue weighted by Gasteiger charge is -2.37. The summed E-state index contributed by atoms with van der Waals surface area (Å²) >= 11 is 7.87. The van der Waals surface area contributed by atoms with E-state index in [-0.39, 0.29) is 42.4 Å². The summed E-state index contributed by atoms with van der Waals surface area (Å²) in [5, 5.41) is 0.458. The van der Waals surface area contributed by atoms with Gasteiger partial charge in [0, 0.05) is 95.6 Å². The number of halogens is 4. The van der Waals surface area contributed by atoms with Crippen LogP contribution in [0, 0.1) is 12.8 Å². The van der Waals surface area contributed by atoms with Gasteiger partial charge in [-0.05, 0) is 136 Å². The summed E-state index contributed by atoms with van der Waals surface area (Å²) in [6, 6.07) is 36.3. The summed E-state index contributed by atoms with van der Waals surface area (Å²) in [7, 11) is -13.6. The van der Waals surface area contributed by atoms with Crippen molar-refractivity contribution >= 4 is 72.9 Å². The molecule has 0 saturated carbocycles. The van der Waals surface area contributed by atoms with E-state index in [2.05, 4.69) is 25.3 Å². The van der Waals surface area contributed by atoms with Crippen molar-refractivity contribution in [2.75, 3.05) is 98.7 Å². The average molecular weight is 1120 g/mol. The molecule has 3 fully saturated rings. The molecule has 3 aliphatic heterocycles. The number of hydrogen-bond donors (Lipinski definition) is 0. The van der Waals surface area contributed by atoms with Crippen molar-refractivity contribution in [1.82, 2.24) is 9.47 Å². The highest BCUT2D eigenvalue weighted by Gasteiger charge is 2.49. The molecular weight excluding hydrogens is 1060 g/mol. The number of ether oxygens (including phenoxy) is 1. The van der Waals surface area contributed by atoms with Gasteiger partial charge in [0.25, 0.3) is 9.84 Å². The van der Waals surface area contributed by atoms with Crippen LogP contribution in [-0.4, -0.2) is 116 Å². The molecule has 0 radical (unpaired) electrons. The zero-order chi connectivity index (χ0) is 53.3. The Bertz CT molecular complexity index is 3260. The van der Waals surface area contributed by atoms with Crippen LogP contribution in [0.1, 0.15) is 37.6 Å². The maximum atomic E-state index is 15.0. The highest BCUT2D eigenvalue weighted by Crippen LogP contribution is 2.56. The van der Waals surface area contributed by atoms with Crippen LogP contribution in [-0.2, 0) is 39.9 Å². The van der Waals surface area contributed by atoms with Crippen LogP contribution in [0.5, 0.6) is 0 Å². The standard InChI is InChI=1S/C55H62ClF3N5O7PS3/c1-39(2)64-40(3)54(74(4,66)67)52(53(64)42-13-16-45(56)17-14-42)44-9-8-10-48(36-44)62-27-25-61(26-28-62)46-18-20-47(21-19-46)63-31-34-71-72(63,65)49-22-15-43(51(37-49)75(68,69)55(57,58)59)35-41(23-24-60-29-32-70-33-30-60)38-73-50-11-6-5-7-12-50/h5-22,36-37,39,41H,23-35,38H2,1-4H3/t41-,72+/m0/s1. The maximum absolute atomic E-state index is 15.0. The third-order valence-electron chi connectivity index (χ3n) is 14.2. The second kappa shape index (κ2) is 22.7. The molecule has 12 nitrogen and oxygen atoms in total. The van der Waals surface area contributed by atoms with E-state index in [1.807, 2.05) is 106 Å². The Morgan fingerprint density at radius 2 is 1.39 bits per heavy atom. The Balaban J connectivity index is 0.930. The van der Waals surface area contributed by atoms with E-state index in [1.165, 1.54) is 23.1 Å². The number of morpholine rings is 1. The van der Waals surface area contributed by atoms with Gasteiger partial charge in [0.1, 0.15) is 0 Å². The van der Waals surface area contributed by atoms with Crippen LogP contribution >= 0.6 is 30.9 Å². The molecule has 0 amide bonds. The molecule has 6 aromatic rings. The number of nitrogens with zero attached hydrogens (tertiary/aromatic N) is 5. The first kappa shape index (κ1) is 55.0. The first-order chi connectivity index (χ1) is 35.7. The van der Waals surface area contributed by atoms with Crippen molar-refractivity contribution in [1.29, 1.82) is 0 Å². The number of sulfone groups is 2. The van der Waals surface area contributed by atoms with Crippen LogP contribution in [0.2, 0.25) is 5.02 Å². The Morgan fingerprint density at radius 3 is 2.03 bits per heavy atom. The van der Waals surface area contributed by atoms with Gasteiger partial charge in [-0.2, -0.15) is 13.2 Å². The fourth-order valence-electron chi connectivity index (χ4n) is 10.5. The van der Waals surface area contributed by atoms with Crippen LogP contribution in [0.15, 0.2) is 136 Å². The van der Waals surface area contributed by atoms with E-state index in [0.29, 0.717) is 85.0 Å². The molecule has 4 heterocycles. The van der Waals surface area contributed by atoms with Crippen molar-refractivity contribution in [3.63, 3.8) is 0 Å². The van der Waals surface area contributed by atoms with Crippen molar-refractivity contribution in [2.24, 2.45) is 5.92 Å². The van der Waals surface area contributed by atoms with Gasteiger partial charge in [-0.25, -0.2) is 16.8 Å². The van der Waals surface area contributed by atoms with Crippen LogP contribution in [0.3, 0.4) is 0 Å². The lowest BCUT2D eigenvalue weighted by Crippen LogP contribution is -2.46. The number of anilines is 3. The third kappa shape index (κ3) is 11.9. The zero-order valence-electron chi connectivity index (χ0n) is 42.4. The molecule has 5 aromatic carbocycles.